The van der Waals surface area contributed by atoms with E-state index < -0.39 is 0 Å². The van der Waals surface area contributed by atoms with Gasteiger partial charge in [0.15, 0.2) is 0 Å². The molecule has 0 heterocycles. The lowest BCUT2D eigenvalue weighted by atomic mass is 10.2. The fraction of sp³-hybridized carbons (Fsp3) is 0.125. The van der Waals surface area contributed by atoms with E-state index in [1.54, 1.807) is 36.4 Å². The van der Waals surface area contributed by atoms with Gasteiger partial charge in [0.2, 0.25) is 0 Å². The summed E-state index contributed by atoms with van der Waals surface area (Å²) in [5.74, 6) is -0.0476. The molecule has 0 aromatic heterocycles. The maximum Gasteiger partial charge on any atom is 0.270 e. The molecule has 0 aliphatic carbocycles. The van der Waals surface area contributed by atoms with Crippen molar-refractivity contribution in [2.75, 3.05) is 6.61 Å². The molecule has 2 aromatic rings. The van der Waals surface area contributed by atoms with E-state index in [1.165, 1.54) is 0 Å². The number of halogens is 1. The monoisotopic (exact) mass is 410 g/mol. The van der Waals surface area contributed by atoms with Crippen LogP contribution in [0.4, 0.5) is 0 Å². The molecule has 0 aliphatic heterocycles. The van der Waals surface area contributed by atoms with Crippen molar-refractivity contribution in [3.8, 4) is 5.75 Å². The Balaban J connectivity index is 1.95. The molecule has 0 unspecified atom stereocenters. The second-order valence-electron chi connectivity index (χ2n) is 4.35. The summed E-state index contributed by atoms with van der Waals surface area (Å²) in [5.41, 5.74) is 5.74. The molecular weight excluding hydrogens is 395 g/mol. The van der Waals surface area contributed by atoms with Gasteiger partial charge in [0.05, 0.1) is 12.2 Å². The van der Waals surface area contributed by atoms with Crippen LogP contribution in [0.2, 0.25) is 0 Å². The number of ether oxygens (including phenoxy) is 1. The number of carbonyl (C=O) groups excluding carboxylic acids is 2. The molecule has 5 nitrogen and oxygen atoms in total. The Kier molecular flexibility index (Phi) is 5.76. The van der Waals surface area contributed by atoms with Gasteiger partial charge in [-0.2, -0.15) is 0 Å². The van der Waals surface area contributed by atoms with Crippen LogP contribution in [0.3, 0.4) is 0 Å². The molecule has 22 heavy (non-hydrogen) atoms. The number of benzene rings is 2. The Hall–Kier alpha value is -2.09. The zero-order valence-corrected chi connectivity index (χ0v) is 14.1. The summed E-state index contributed by atoms with van der Waals surface area (Å²) in [5, 5.41) is 0. The Morgan fingerprint density at radius 2 is 1.64 bits per heavy atom. The lowest BCUT2D eigenvalue weighted by Gasteiger charge is -2.09. The SMILES string of the molecule is CCOc1ccc(C(=O)NNC(=O)c2ccccc2I)cc1. The maximum atomic E-state index is 12.0. The van der Waals surface area contributed by atoms with E-state index in [9.17, 15) is 9.59 Å². The van der Waals surface area contributed by atoms with Crippen LogP contribution < -0.4 is 15.6 Å². The highest BCUT2D eigenvalue weighted by Gasteiger charge is 2.11. The molecule has 0 radical (unpaired) electrons. The van der Waals surface area contributed by atoms with E-state index in [-0.39, 0.29) is 11.8 Å². The van der Waals surface area contributed by atoms with Crippen LogP contribution >= 0.6 is 22.6 Å². The first kappa shape index (κ1) is 16.3. The molecule has 0 bridgehead atoms. The summed E-state index contributed by atoms with van der Waals surface area (Å²) in [6.07, 6.45) is 0. The fourth-order valence-electron chi connectivity index (χ4n) is 1.77. The van der Waals surface area contributed by atoms with E-state index >= 15 is 0 Å². The zero-order valence-electron chi connectivity index (χ0n) is 11.9. The van der Waals surface area contributed by atoms with Crippen molar-refractivity contribution < 1.29 is 14.3 Å². The summed E-state index contributed by atoms with van der Waals surface area (Å²) in [6, 6.07) is 13.8. The van der Waals surface area contributed by atoms with Crippen molar-refractivity contribution in [3.05, 3.63) is 63.2 Å². The van der Waals surface area contributed by atoms with Gasteiger partial charge in [-0.15, -0.1) is 0 Å². The average Bonchev–Trinajstić information content (AvgIpc) is 2.54. The number of hydrogen-bond acceptors (Lipinski definition) is 3. The van der Waals surface area contributed by atoms with Crippen LogP contribution in [0.15, 0.2) is 48.5 Å². The van der Waals surface area contributed by atoms with Crippen LogP contribution in [0.25, 0.3) is 0 Å². The first-order valence-corrected chi connectivity index (χ1v) is 7.77. The minimum absolute atomic E-state index is 0.357. The van der Waals surface area contributed by atoms with Crippen molar-refractivity contribution in [2.24, 2.45) is 0 Å². The molecule has 0 spiro atoms. The highest BCUT2D eigenvalue weighted by molar-refractivity contribution is 14.1. The lowest BCUT2D eigenvalue weighted by Crippen LogP contribution is -2.41. The van der Waals surface area contributed by atoms with Crippen molar-refractivity contribution in [1.82, 2.24) is 10.9 Å². The molecule has 0 aliphatic rings. The van der Waals surface area contributed by atoms with Gasteiger partial charge < -0.3 is 4.74 Å². The Morgan fingerprint density at radius 3 is 2.27 bits per heavy atom. The third kappa shape index (κ3) is 4.20. The predicted molar refractivity (Wildman–Crippen MR) is 91.7 cm³/mol. The van der Waals surface area contributed by atoms with Crippen molar-refractivity contribution in [2.45, 2.75) is 6.92 Å². The van der Waals surface area contributed by atoms with Gasteiger partial charge in [-0.3, -0.25) is 20.4 Å². The maximum absolute atomic E-state index is 12.0. The van der Waals surface area contributed by atoms with Gasteiger partial charge >= 0.3 is 0 Å². The van der Waals surface area contributed by atoms with Gasteiger partial charge in [-0.1, -0.05) is 12.1 Å². The van der Waals surface area contributed by atoms with E-state index in [0.717, 1.165) is 3.57 Å². The van der Waals surface area contributed by atoms with Crippen molar-refractivity contribution >= 4 is 34.4 Å². The van der Waals surface area contributed by atoms with Gasteiger partial charge in [0.1, 0.15) is 5.75 Å². The largest absolute Gasteiger partial charge is 0.494 e. The van der Waals surface area contributed by atoms with Crippen LogP contribution in [0, 0.1) is 3.57 Å². The minimum atomic E-state index is -0.387. The summed E-state index contributed by atoms with van der Waals surface area (Å²) < 4.78 is 6.12. The third-order valence-corrected chi connectivity index (χ3v) is 3.78. The standard InChI is InChI=1S/C16H15IN2O3/c1-2-22-12-9-7-11(8-10-12)15(20)18-19-16(21)13-5-3-4-6-14(13)17/h3-10H,2H2,1H3,(H,18,20)(H,19,21). The average molecular weight is 410 g/mol. The summed E-state index contributed by atoms with van der Waals surface area (Å²) >= 11 is 2.07. The number of hydrogen-bond donors (Lipinski definition) is 2. The second kappa shape index (κ2) is 7.79. The number of amides is 2. The zero-order chi connectivity index (χ0) is 15.9. The summed E-state index contributed by atoms with van der Waals surface area (Å²) in [6.45, 7) is 2.46. The predicted octanol–water partition coefficient (Wildman–Crippen LogP) is 2.76. The van der Waals surface area contributed by atoms with Crippen molar-refractivity contribution in [3.63, 3.8) is 0 Å². The first-order valence-electron chi connectivity index (χ1n) is 6.70. The molecule has 6 heteroatoms. The number of rotatable bonds is 4. The molecule has 2 aromatic carbocycles. The highest BCUT2D eigenvalue weighted by Crippen LogP contribution is 2.12. The second-order valence-corrected chi connectivity index (χ2v) is 5.51. The van der Waals surface area contributed by atoms with Crippen LogP contribution in [-0.4, -0.2) is 18.4 Å². The molecule has 2 rings (SSSR count). The smallest absolute Gasteiger partial charge is 0.270 e. The van der Waals surface area contributed by atoms with E-state index in [4.69, 9.17) is 4.74 Å². The number of carbonyl (C=O) groups is 2. The lowest BCUT2D eigenvalue weighted by molar-refractivity contribution is 0.0846. The fourth-order valence-corrected chi connectivity index (χ4v) is 2.40. The Morgan fingerprint density at radius 1 is 1.00 bits per heavy atom. The Labute approximate surface area is 142 Å². The molecule has 0 saturated heterocycles. The molecule has 2 amide bonds. The van der Waals surface area contributed by atoms with E-state index in [1.807, 2.05) is 19.1 Å². The summed E-state index contributed by atoms with van der Waals surface area (Å²) in [7, 11) is 0. The van der Waals surface area contributed by atoms with Crippen LogP contribution in [0.1, 0.15) is 27.6 Å². The van der Waals surface area contributed by atoms with Crippen LogP contribution in [0.5, 0.6) is 5.75 Å². The van der Waals surface area contributed by atoms with E-state index in [0.29, 0.717) is 23.5 Å². The quantitative estimate of drug-likeness (QED) is 0.602. The molecule has 114 valence electrons. The van der Waals surface area contributed by atoms with Crippen LogP contribution in [-0.2, 0) is 0 Å². The number of hydrazine groups is 1. The third-order valence-electron chi connectivity index (χ3n) is 2.84. The van der Waals surface area contributed by atoms with Gasteiger partial charge in [0, 0.05) is 9.13 Å². The van der Waals surface area contributed by atoms with E-state index in [2.05, 4.69) is 33.4 Å². The highest BCUT2D eigenvalue weighted by atomic mass is 127. The topological polar surface area (TPSA) is 67.4 Å². The van der Waals surface area contributed by atoms with Gasteiger partial charge in [-0.05, 0) is 65.9 Å². The van der Waals surface area contributed by atoms with Crippen molar-refractivity contribution in [1.29, 1.82) is 0 Å². The normalized spacial score (nSPS) is 9.91. The minimum Gasteiger partial charge on any atom is -0.494 e. The molecule has 0 fully saturated rings. The molecule has 0 saturated carbocycles. The Bertz CT molecular complexity index is 671. The van der Waals surface area contributed by atoms with Gasteiger partial charge in [0.25, 0.3) is 11.8 Å². The van der Waals surface area contributed by atoms with Gasteiger partial charge in [-0.25, -0.2) is 0 Å². The first-order chi connectivity index (χ1) is 10.6. The molecular formula is C16H15IN2O3. The molecule has 0 atom stereocenters. The summed E-state index contributed by atoms with van der Waals surface area (Å²) in [4.78, 5) is 24.0. The molecule has 2 N–H and O–H groups in total. The number of nitrogens with one attached hydrogen (secondary N) is 2.